The Morgan fingerprint density at radius 2 is 1.89 bits per heavy atom. The minimum absolute atomic E-state index is 0.0740. The van der Waals surface area contributed by atoms with E-state index >= 15 is 0 Å². The summed E-state index contributed by atoms with van der Waals surface area (Å²) in [5.74, 6) is 0.280. The molecular formula is C15H25NO2. The molecule has 1 aliphatic carbocycles. The van der Waals surface area contributed by atoms with Crippen molar-refractivity contribution in [3.8, 4) is 0 Å². The fourth-order valence-electron chi connectivity index (χ4n) is 4.52. The molecule has 0 amide bonds. The predicted octanol–water partition coefficient (Wildman–Crippen LogP) is 2.89. The van der Waals surface area contributed by atoms with E-state index in [1.165, 1.54) is 44.9 Å². The predicted molar refractivity (Wildman–Crippen MR) is 70.5 cm³/mol. The van der Waals surface area contributed by atoms with Gasteiger partial charge < -0.3 is 5.11 Å². The fraction of sp³-hybridized carbons (Fsp3) is 0.933. The number of aliphatic carboxylic acids is 1. The van der Waals surface area contributed by atoms with Crippen LogP contribution in [0.15, 0.2) is 0 Å². The Balaban J connectivity index is 1.52. The van der Waals surface area contributed by atoms with Crippen LogP contribution >= 0.6 is 0 Å². The van der Waals surface area contributed by atoms with Crippen molar-refractivity contribution in [2.24, 2.45) is 11.8 Å². The summed E-state index contributed by atoms with van der Waals surface area (Å²) in [5, 5.41) is 9.24. The SMILES string of the molecule is O=C(O)C1CC2CCC1N2CCC1CCCCC1. The van der Waals surface area contributed by atoms with E-state index in [4.69, 9.17) is 0 Å². The van der Waals surface area contributed by atoms with Gasteiger partial charge in [0.05, 0.1) is 5.92 Å². The van der Waals surface area contributed by atoms with Crippen molar-refractivity contribution in [1.82, 2.24) is 4.90 Å². The summed E-state index contributed by atoms with van der Waals surface area (Å²) >= 11 is 0. The molecule has 0 radical (unpaired) electrons. The first-order valence-electron chi connectivity index (χ1n) is 7.74. The molecule has 3 rings (SSSR count). The van der Waals surface area contributed by atoms with Crippen molar-refractivity contribution in [2.75, 3.05) is 6.54 Å². The van der Waals surface area contributed by atoms with E-state index < -0.39 is 5.97 Å². The monoisotopic (exact) mass is 251 g/mol. The van der Waals surface area contributed by atoms with Crippen LogP contribution < -0.4 is 0 Å². The normalized spacial score (nSPS) is 37.2. The van der Waals surface area contributed by atoms with E-state index in [0.29, 0.717) is 12.1 Å². The molecular weight excluding hydrogens is 226 g/mol. The maximum Gasteiger partial charge on any atom is 0.308 e. The summed E-state index contributed by atoms with van der Waals surface area (Å²) in [6.07, 6.45) is 11.6. The molecule has 3 aliphatic rings. The Hall–Kier alpha value is -0.570. The minimum Gasteiger partial charge on any atom is -0.481 e. The van der Waals surface area contributed by atoms with E-state index in [0.717, 1.165) is 25.3 Å². The summed E-state index contributed by atoms with van der Waals surface area (Å²) in [6.45, 7) is 1.16. The Bertz CT molecular complexity index is 312. The summed E-state index contributed by atoms with van der Waals surface area (Å²) < 4.78 is 0. The van der Waals surface area contributed by atoms with Crippen molar-refractivity contribution in [1.29, 1.82) is 0 Å². The Labute approximate surface area is 110 Å². The molecule has 2 saturated heterocycles. The van der Waals surface area contributed by atoms with E-state index in [9.17, 15) is 9.90 Å². The van der Waals surface area contributed by atoms with E-state index in [1.54, 1.807) is 0 Å². The molecule has 1 N–H and O–H groups in total. The molecule has 2 heterocycles. The molecule has 0 spiro atoms. The van der Waals surface area contributed by atoms with Gasteiger partial charge in [-0.15, -0.1) is 0 Å². The van der Waals surface area contributed by atoms with Gasteiger partial charge in [0.2, 0.25) is 0 Å². The van der Waals surface area contributed by atoms with Crippen LogP contribution in [-0.2, 0) is 4.79 Å². The average Bonchev–Trinajstić information content (AvgIpc) is 2.94. The number of hydrogen-bond donors (Lipinski definition) is 1. The molecule has 102 valence electrons. The van der Waals surface area contributed by atoms with Gasteiger partial charge in [0.1, 0.15) is 0 Å². The van der Waals surface area contributed by atoms with Crippen molar-refractivity contribution < 1.29 is 9.90 Å². The second kappa shape index (κ2) is 5.20. The zero-order chi connectivity index (χ0) is 12.5. The van der Waals surface area contributed by atoms with Crippen LogP contribution in [-0.4, -0.2) is 34.6 Å². The first kappa shape index (κ1) is 12.5. The Morgan fingerprint density at radius 3 is 2.56 bits per heavy atom. The molecule has 2 aliphatic heterocycles. The highest BCUT2D eigenvalue weighted by Gasteiger charge is 2.48. The van der Waals surface area contributed by atoms with Gasteiger partial charge in [0, 0.05) is 12.1 Å². The molecule has 3 heteroatoms. The van der Waals surface area contributed by atoms with E-state index in [1.807, 2.05) is 0 Å². The number of carbonyl (C=O) groups is 1. The maximum absolute atomic E-state index is 11.2. The van der Waals surface area contributed by atoms with Gasteiger partial charge in [0.25, 0.3) is 0 Å². The molecule has 3 unspecified atom stereocenters. The second-order valence-corrected chi connectivity index (χ2v) is 6.51. The van der Waals surface area contributed by atoms with E-state index in [2.05, 4.69) is 4.90 Å². The fourth-order valence-corrected chi connectivity index (χ4v) is 4.52. The molecule has 3 nitrogen and oxygen atoms in total. The summed E-state index contributed by atoms with van der Waals surface area (Å²) in [5.41, 5.74) is 0. The summed E-state index contributed by atoms with van der Waals surface area (Å²) in [4.78, 5) is 13.8. The zero-order valence-corrected chi connectivity index (χ0v) is 11.2. The molecule has 2 bridgehead atoms. The molecule has 0 aromatic rings. The smallest absolute Gasteiger partial charge is 0.308 e. The molecule has 3 fully saturated rings. The average molecular weight is 251 g/mol. The van der Waals surface area contributed by atoms with Gasteiger partial charge in [-0.05, 0) is 38.1 Å². The largest absolute Gasteiger partial charge is 0.481 e. The second-order valence-electron chi connectivity index (χ2n) is 6.51. The van der Waals surface area contributed by atoms with Crippen LogP contribution in [0.4, 0.5) is 0 Å². The van der Waals surface area contributed by atoms with Crippen LogP contribution in [0.2, 0.25) is 0 Å². The lowest BCUT2D eigenvalue weighted by Crippen LogP contribution is -2.34. The quantitative estimate of drug-likeness (QED) is 0.835. The number of carboxylic acid groups (broad SMARTS) is 1. The highest BCUT2D eigenvalue weighted by Crippen LogP contribution is 2.42. The lowest BCUT2D eigenvalue weighted by Gasteiger charge is -2.27. The van der Waals surface area contributed by atoms with Crippen LogP contribution in [0.25, 0.3) is 0 Å². The number of carboxylic acids is 1. The highest BCUT2D eigenvalue weighted by molar-refractivity contribution is 5.71. The zero-order valence-electron chi connectivity index (χ0n) is 11.2. The lowest BCUT2D eigenvalue weighted by atomic mass is 9.87. The third kappa shape index (κ3) is 2.29. The molecule has 0 aromatic heterocycles. The van der Waals surface area contributed by atoms with Crippen LogP contribution in [0.3, 0.4) is 0 Å². The van der Waals surface area contributed by atoms with Crippen molar-refractivity contribution in [3.05, 3.63) is 0 Å². The topological polar surface area (TPSA) is 40.5 Å². The van der Waals surface area contributed by atoms with Gasteiger partial charge in [-0.25, -0.2) is 0 Å². The van der Waals surface area contributed by atoms with Crippen molar-refractivity contribution in [2.45, 2.75) is 69.9 Å². The first-order chi connectivity index (χ1) is 8.75. The number of nitrogens with zero attached hydrogens (tertiary/aromatic N) is 1. The van der Waals surface area contributed by atoms with Gasteiger partial charge in [-0.3, -0.25) is 9.69 Å². The van der Waals surface area contributed by atoms with Crippen molar-refractivity contribution >= 4 is 5.97 Å². The molecule has 0 aromatic carbocycles. The molecule has 3 atom stereocenters. The molecule has 1 saturated carbocycles. The number of rotatable bonds is 4. The van der Waals surface area contributed by atoms with Gasteiger partial charge in [0.15, 0.2) is 0 Å². The van der Waals surface area contributed by atoms with Crippen molar-refractivity contribution in [3.63, 3.8) is 0 Å². The molecule has 18 heavy (non-hydrogen) atoms. The lowest BCUT2D eigenvalue weighted by molar-refractivity contribution is -0.142. The van der Waals surface area contributed by atoms with Gasteiger partial charge in [-0.1, -0.05) is 32.1 Å². The van der Waals surface area contributed by atoms with Crippen LogP contribution in [0, 0.1) is 11.8 Å². The van der Waals surface area contributed by atoms with E-state index in [-0.39, 0.29) is 5.92 Å². The number of hydrogen-bond acceptors (Lipinski definition) is 2. The maximum atomic E-state index is 11.2. The van der Waals surface area contributed by atoms with Gasteiger partial charge >= 0.3 is 5.97 Å². The van der Waals surface area contributed by atoms with Gasteiger partial charge in [-0.2, -0.15) is 0 Å². The summed E-state index contributed by atoms with van der Waals surface area (Å²) in [6, 6.07) is 0.941. The highest BCUT2D eigenvalue weighted by atomic mass is 16.4. The van der Waals surface area contributed by atoms with Crippen LogP contribution in [0.5, 0.6) is 0 Å². The Kier molecular flexibility index (Phi) is 3.60. The minimum atomic E-state index is -0.565. The third-order valence-electron chi connectivity index (χ3n) is 5.52. The standard InChI is InChI=1S/C15H25NO2/c17-15(18)13-10-12-6-7-14(13)16(12)9-8-11-4-2-1-3-5-11/h11-14H,1-10H2,(H,17,18). The first-order valence-corrected chi connectivity index (χ1v) is 7.74. The number of fused-ring (bicyclic) bond motifs is 2. The third-order valence-corrected chi connectivity index (χ3v) is 5.52. The van der Waals surface area contributed by atoms with Crippen LogP contribution in [0.1, 0.15) is 57.8 Å². The summed E-state index contributed by atoms with van der Waals surface area (Å²) in [7, 11) is 0. The Morgan fingerprint density at radius 1 is 1.11 bits per heavy atom.